The number of benzene rings is 20. The van der Waals surface area contributed by atoms with Gasteiger partial charge in [0.25, 0.3) is 0 Å². The molecule has 0 atom stereocenters. The molecule has 22 aromatic rings. The van der Waals surface area contributed by atoms with Crippen LogP contribution >= 0.6 is 0 Å². The van der Waals surface area contributed by atoms with Gasteiger partial charge in [-0.3, -0.25) is 0 Å². The highest BCUT2D eigenvalue weighted by molar-refractivity contribution is 6.11. The molecule has 2 aromatic heterocycles. The lowest BCUT2D eigenvalue weighted by Gasteiger charge is -2.30. The average molecular weight is 1640 g/mol. The summed E-state index contributed by atoms with van der Waals surface area (Å²) in [6, 6.07) is 167. The van der Waals surface area contributed by atoms with Crippen molar-refractivity contribution in [3.8, 4) is 122 Å². The standard InChI is InChI=1S/C66H49NO.C58H39NO/c1-65(2)59-38-47(42-14-7-5-8-15-42)28-34-53(59)55-36-32-50(40-61(55)65)67(51-33-37-56-54-35-29-48(43-16-9-6-10-17-43)39-60(54)66(3,4)62(56)41-51)49-30-26-45(27-31-49)44-22-24-46(25-23-44)52-19-13-20-58-57-18-11-12-21-63(57)68-64(52)58;1-2-11-40(12-3-1)47-15-8-16-48(39-47)43-29-35-50(36-30-43)59(51-37-31-45(32-38-51)53-19-9-14-44-13-4-5-17-52(44)53)49-33-27-42(28-34-49)41-23-25-46(26-24-41)54-20-10-21-56-55-18-6-7-22-57(55)60-58(54)56/h5-41H,1-4H3;1-39H. The molecule has 0 saturated heterocycles. The first-order valence-electron chi connectivity index (χ1n) is 44.3. The van der Waals surface area contributed by atoms with E-state index in [1.165, 1.54) is 122 Å². The molecule has 0 N–H and O–H groups in total. The number of nitrogens with zero attached hydrogens (tertiary/aromatic N) is 2. The van der Waals surface area contributed by atoms with Crippen molar-refractivity contribution in [1.82, 2.24) is 0 Å². The maximum Gasteiger partial charge on any atom is 0.143 e. The van der Waals surface area contributed by atoms with Gasteiger partial charge in [-0.2, -0.15) is 0 Å². The number of hydrogen-bond donors (Lipinski definition) is 0. The fourth-order valence-corrected chi connectivity index (χ4v) is 20.1. The smallest absolute Gasteiger partial charge is 0.143 e. The summed E-state index contributed by atoms with van der Waals surface area (Å²) in [4.78, 5) is 4.81. The molecule has 606 valence electrons. The molecule has 0 fully saturated rings. The molecule has 2 aliphatic carbocycles. The molecule has 4 nitrogen and oxygen atoms in total. The van der Waals surface area contributed by atoms with E-state index in [-0.39, 0.29) is 10.8 Å². The summed E-state index contributed by atoms with van der Waals surface area (Å²) in [5, 5.41) is 7.07. The largest absolute Gasteiger partial charge is 0.455 e. The minimum atomic E-state index is -0.193. The molecule has 2 aliphatic rings. The SMILES string of the molecule is CC1(C)c2cc(-c3ccccc3)ccc2-c2ccc(N(c3ccc(-c4ccc(-c5cccc6c5oc5ccccc56)cc4)cc3)c3ccc4c(c3)C(C)(C)c3cc(-c5ccccc5)ccc3-4)cc21.c1ccc(-c2cccc(-c3ccc(N(c4ccc(-c5ccc(-c6cccc7c6oc6ccccc67)cc5)cc4)c4ccc(-c5cccc6ccccc56)cc4)cc3)c2)cc1. The van der Waals surface area contributed by atoms with Crippen LogP contribution in [0.1, 0.15) is 49.9 Å². The fraction of sp³-hybridized carbons (Fsp3) is 0.0484. The van der Waals surface area contributed by atoms with Crippen molar-refractivity contribution < 1.29 is 8.83 Å². The molecule has 0 spiro atoms. The predicted octanol–water partition coefficient (Wildman–Crippen LogP) is 34.9. The van der Waals surface area contributed by atoms with E-state index in [1.807, 2.05) is 24.3 Å². The third kappa shape index (κ3) is 13.6. The van der Waals surface area contributed by atoms with Gasteiger partial charge in [-0.1, -0.05) is 386 Å². The number of rotatable bonds is 15. The lowest BCUT2D eigenvalue weighted by molar-refractivity contribution is 0.660. The van der Waals surface area contributed by atoms with Crippen LogP contribution in [0.4, 0.5) is 34.1 Å². The van der Waals surface area contributed by atoms with Crippen molar-refractivity contribution in [1.29, 1.82) is 0 Å². The highest BCUT2D eigenvalue weighted by Crippen LogP contribution is 2.55. The number of fused-ring (bicyclic) bond motifs is 13. The van der Waals surface area contributed by atoms with Crippen molar-refractivity contribution in [2.24, 2.45) is 0 Å². The summed E-state index contributed by atoms with van der Waals surface area (Å²) in [6.07, 6.45) is 0. The Morgan fingerprint density at radius 3 is 0.836 bits per heavy atom. The van der Waals surface area contributed by atoms with Crippen LogP contribution in [-0.2, 0) is 10.8 Å². The van der Waals surface area contributed by atoms with Gasteiger partial charge >= 0.3 is 0 Å². The van der Waals surface area contributed by atoms with Crippen LogP contribution in [0.15, 0.2) is 470 Å². The van der Waals surface area contributed by atoms with Crippen LogP contribution in [0.3, 0.4) is 0 Å². The number of para-hydroxylation sites is 4. The molecule has 24 rings (SSSR count). The van der Waals surface area contributed by atoms with Crippen molar-refractivity contribution >= 4 is 88.8 Å². The summed E-state index contributed by atoms with van der Waals surface area (Å²) in [7, 11) is 0. The summed E-state index contributed by atoms with van der Waals surface area (Å²) in [5.41, 5.74) is 42.0. The quantitative estimate of drug-likeness (QED) is 0.102. The number of hydrogen-bond acceptors (Lipinski definition) is 4. The van der Waals surface area contributed by atoms with E-state index < -0.39 is 0 Å². The van der Waals surface area contributed by atoms with E-state index >= 15 is 0 Å². The van der Waals surface area contributed by atoms with Gasteiger partial charge in [-0.05, 0) is 247 Å². The minimum Gasteiger partial charge on any atom is -0.455 e. The lowest BCUT2D eigenvalue weighted by Crippen LogP contribution is -2.18. The van der Waals surface area contributed by atoms with E-state index in [0.717, 1.165) is 111 Å². The summed E-state index contributed by atoms with van der Waals surface area (Å²) < 4.78 is 12.8. The zero-order chi connectivity index (χ0) is 85.6. The van der Waals surface area contributed by atoms with Crippen molar-refractivity contribution in [3.63, 3.8) is 0 Å². The molecule has 0 radical (unpaired) electrons. The highest BCUT2D eigenvalue weighted by Gasteiger charge is 2.39. The number of furan rings is 2. The molecule has 128 heavy (non-hydrogen) atoms. The Kier molecular flexibility index (Phi) is 18.9. The van der Waals surface area contributed by atoms with Crippen LogP contribution in [0.2, 0.25) is 0 Å². The molecule has 0 saturated carbocycles. The summed E-state index contributed by atoms with van der Waals surface area (Å²) >= 11 is 0. The second-order valence-corrected chi connectivity index (χ2v) is 35.0. The van der Waals surface area contributed by atoms with Gasteiger partial charge in [0.05, 0.1) is 0 Å². The number of anilines is 6. The van der Waals surface area contributed by atoms with E-state index in [1.54, 1.807) is 0 Å². The van der Waals surface area contributed by atoms with E-state index in [9.17, 15) is 0 Å². The van der Waals surface area contributed by atoms with Gasteiger partial charge in [0.15, 0.2) is 0 Å². The molecule has 0 aliphatic heterocycles. The Balaban J connectivity index is 0.000000148. The van der Waals surface area contributed by atoms with Gasteiger partial charge in [0.1, 0.15) is 22.3 Å². The molecular formula is C124H88N2O2. The van der Waals surface area contributed by atoms with E-state index in [2.05, 4.69) is 474 Å². The Hall–Kier alpha value is -16.1. The topological polar surface area (TPSA) is 32.8 Å². The predicted molar refractivity (Wildman–Crippen MR) is 538 cm³/mol. The Labute approximate surface area is 746 Å². The molecule has 2 heterocycles. The second-order valence-electron chi connectivity index (χ2n) is 35.0. The molecule has 20 aromatic carbocycles. The third-order valence-electron chi connectivity index (χ3n) is 26.8. The van der Waals surface area contributed by atoms with Gasteiger partial charge in [-0.25, -0.2) is 0 Å². The minimum absolute atomic E-state index is 0.193. The molecule has 0 amide bonds. The van der Waals surface area contributed by atoms with E-state index in [4.69, 9.17) is 8.83 Å². The Morgan fingerprint density at radius 1 is 0.164 bits per heavy atom. The summed E-state index contributed by atoms with van der Waals surface area (Å²) in [6.45, 7) is 9.54. The lowest BCUT2D eigenvalue weighted by atomic mass is 9.81. The van der Waals surface area contributed by atoms with Crippen LogP contribution in [0.5, 0.6) is 0 Å². The van der Waals surface area contributed by atoms with Crippen LogP contribution in [0, 0.1) is 0 Å². The maximum absolute atomic E-state index is 6.40. The molecule has 0 bridgehead atoms. The first-order valence-corrected chi connectivity index (χ1v) is 44.3. The van der Waals surface area contributed by atoms with Gasteiger partial charge < -0.3 is 18.6 Å². The molecule has 4 heteroatoms. The van der Waals surface area contributed by atoms with E-state index in [0.29, 0.717) is 0 Å². The fourth-order valence-electron chi connectivity index (χ4n) is 20.1. The van der Waals surface area contributed by atoms with Gasteiger partial charge in [0, 0.05) is 77.6 Å². The van der Waals surface area contributed by atoms with Crippen LogP contribution in [-0.4, -0.2) is 0 Å². The second kappa shape index (κ2) is 31.6. The van der Waals surface area contributed by atoms with Crippen LogP contribution in [0.25, 0.3) is 177 Å². The van der Waals surface area contributed by atoms with Crippen molar-refractivity contribution in [2.75, 3.05) is 9.80 Å². The van der Waals surface area contributed by atoms with Gasteiger partial charge in [-0.15, -0.1) is 0 Å². The van der Waals surface area contributed by atoms with Crippen molar-refractivity contribution in [2.45, 2.75) is 38.5 Å². The molecular weight excluding hydrogens is 1550 g/mol. The van der Waals surface area contributed by atoms with Crippen LogP contribution < -0.4 is 9.80 Å². The van der Waals surface area contributed by atoms with Crippen molar-refractivity contribution in [3.05, 3.63) is 483 Å². The zero-order valence-electron chi connectivity index (χ0n) is 71.6. The maximum atomic E-state index is 6.40. The highest BCUT2D eigenvalue weighted by atomic mass is 16.3. The Morgan fingerprint density at radius 2 is 0.414 bits per heavy atom. The Bertz CT molecular complexity index is 7830. The first kappa shape index (κ1) is 76.7. The summed E-state index contributed by atoms with van der Waals surface area (Å²) in [5.74, 6) is 0. The third-order valence-corrected chi connectivity index (χ3v) is 26.8. The average Bonchev–Trinajstić information content (AvgIpc) is 1.56. The molecule has 0 unspecified atom stereocenters. The first-order chi connectivity index (χ1) is 62.9. The monoisotopic (exact) mass is 1640 g/mol. The normalized spacial score (nSPS) is 12.7. The van der Waals surface area contributed by atoms with Gasteiger partial charge in [0.2, 0.25) is 0 Å². The zero-order valence-corrected chi connectivity index (χ0v) is 71.6.